The molecule has 0 amide bonds. The second kappa shape index (κ2) is 58.9. The summed E-state index contributed by atoms with van der Waals surface area (Å²) in [4.78, 5) is 12.6. The molecule has 0 N–H and O–H groups in total. The fourth-order valence-electron chi connectivity index (χ4n) is 16.1. The number of ketones is 1. The summed E-state index contributed by atoms with van der Waals surface area (Å²) in [6, 6.07) is 35.5. The number of benzene rings is 5. The van der Waals surface area contributed by atoms with E-state index in [9.17, 15) is 4.79 Å². The Labute approximate surface area is 653 Å². The van der Waals surface area contributed by atoms with E-state index in [2.05, 4.69) is 85.2 Å². The molecule has 0 radical (unpaired) electrons. The van der Waals surface area contributed by atoms with Crippen LogP contribution in [0.25, 0.3) is 22.3 Å². The Morgan fingerprint density at radius 2 is 0.490 bits per heavy atom. The fraction of sp³-hybridized carbons (Fsp3) is 0.684. The van der Waals surface area contributed by atoms with Crippen molar-refractivity contribution in [2.45, 2.75) is 410 Å². The lowest BCUT2D eigenvalue weighted by atomic mass is 9.89. The third-order valence-electron chi connectivity index (χ3n) is 22.8. The zero-order chi connectivity index (χ0) is 73.3. The molecule has 0 unspecified atom stereocenters. The van der Waals surface area contributed by atoms with Crippen LogP contribution in [0.4, 0.5) is 0 Å². The monoisotopic (exact) mass is 1510 g/mol. The molecule has 4 nitrogen and oxygen atoms in total. The van der Waals surface area contributed by atoms with Crippen molar-refractivity contribution >= 4 is 33.3 Å². The average molecular weight is 1510 g/mol. The van der Waals surface area contributed by atoms with Crippen LogP contribution in [0, 0.1) is 0 Å². The lowest BCUT2D eigenvalue weighted by molar-refractivity contribution is 0.104. The van der Waals surface area contributed by atoms with Crippen molar-refractivity contribution in [3.8, 4) is 39.5 Å². The van der Waals surface area contributed by atoms with E-state index in [4.69, 9.17) is 25.8 Å². The molecule has 6 heteroatoms. The predicted octanol–water partition coefficient (Wildman–Crippen LogP) is 33.5. The Morgan fingerprint density at radius 3 is 0.769 bits per heavy atom. The summed E-state index contributed by atoms with van der Waals surface area (Å²) >= 11 is 10.7. The van der Waals surface area contributed by atoms with Crippen molar-refractivity contribution in [3.05, 3.63) is 136 Å². The lowest BCUT2D eigenvalue weighted by Gasteiger charge is -2.27. The Hall–Kier alpha value is -4.06. The van der Waals surface area contributed by atoms with E-state index >= 15 is 0 Å². The largest absolute Gasteiger partial charge is 0.494 e. The number of alkyl halides is 1. The Morgan fingerprint density at radius 1 is 0.260 bits per heavy atom. The van der Waals surface area contributed by atoms with Gasteiger partial charge >= 0.3 is 0 Å². The normalized spacial score (nSPS) is 12.5. The number of ether oxygens (including phenoxy) is 3. The summed E-state index contributed by atoms with van der Waals surface area (Å²) in [6.07, 6.45) is 83.8. The minimum atomic E-state index is -0.513. The minimum Gasteiger partial charge on any atom is -0.494 e. The van der Waals surface area contributed by atoms with Gasteiger partial charge in [0.25, 0.3) is 0 Å². The van der Waals surface area contributed by atoms with E-state index in [0.29, 0.717) is 0 Å². The van der Waals surface area contributed by atoms with Gasteiger partial charge in [0.1, 0.15) is 21.6 Å². The standard InChI is InChI=1S/C63H100BrClO2.C35H52O2/c1-3-5-7-9-11-13-15-17-19-21-23-25-27-29-31-33-35-37-39-41-51-66-57-47-49-59-60-50-48-58(54-62(60)63(64,61(59)53-57)55-43-45-56(65)46-44-55)67-52-42-40-38-36-34-32-30-28-26-24-22-20-18-16-14-12-10-8-6-4-2;1-2-3-4-5-6-7-8-9-10-11-12-13-14-15-16-17-18-19-20-23-28-37-30-26-27-32-31-24-21-22-25-33(31)35(36)34(32)29-30/h43-50,53-54H,3-42,51-52H2,1-2H3;21-22,24-27,29H,2-20,23,28H2,1H3. The van der Waals surface area contributed by atoms with E-state index in [0.717, 1.165) is 89.2 Å². The van der Waals surface area contributed by atoms with Gasteiger partial charge in [-0.2, -0.15) is 0 Å². The highest BCUT2D eigenvalue weighted by atomic mass is 79.9. The van der Waals surface area contributed by atoms with Crippen molar-refractivity contribution < 1.29 is 19.0 Å². The molecule has 582 valence electrons. The molecule has 0 spiro atoms. The summed E-state index contributed by atoms with van der Waals surface area (Å²) < 4.78 is 18.3. The van der Waals surface area contributed by atoms with Crippen LogP contribution in [-0.4, -0.2) is 25.6 Å². The van der Waals surface area contributed by atoms with Crippen molar-refractivity contribution in [3.63, 3.8) is 0 Å². The van der Waals surface area contributed by atoms with Crippen molar-refractivity contribution in [2.24, 2.45) is 0 Å². The van der Waals surface area contributed by atoms with Crippen LogP contribution in [0.5, 0.6) is 17.2 Å². The van der Waals surface area contributed by atoms with Crippen LogP contribution in [0.15, 0.2) is 103 Å². The smallest absolute Gasteiger partial charge is 0.194 e. The third-order valence-corrected chi connectivity index (χ3v) is 24.3. The van der Waals surface area contributed by atoms with Gasteiger partial charge in [-0.3, -0.25) is 4.79 Å². The van der Waals surface area contributed by atoms with Gasteiger partial charge < -0.3 is 14.2 Å². The first-order valence-corrected chi connectivity index (χ1v) is 46.0. The van der Waals surface area contributed by atoms with Gasteiger partial charge in [-0.05, 0) is 113 Å². The Kier molecular flexibility index (Phi) is 50.3. The van der Waals surface area contributed by atoms with E-state index in [-0.39, 0.29) is 5.78 Å². The van der Waals surface area contributed by atoms with Gasteiger partial charge in [0.15, 0.2) is 5.78 Å². The van der Waals surface area contributed by atoms with Crippen LogP contribution in [0.3, 0.4) is 0 Å². The number of fused-ring (bicyclic) bond motifs is 6. The molecule has 5 aromatic carbocycles. The number of hydrogen-bond acceptors (Lipinski definition) is 4. The van der Waals surface area contributed by atoms with Gasteiger partial charge in [-0.25, -0.2) is 0 Å². The molecule has 104 heavy (non-hydrogen) atoms. The Balaban J connectivity index is 0.000000385. The van der Waals surface area contributed by atoms with Crippen molar-refractivity contribution in [2.75, 3.05) is 19.8 Å². The molecule has 2 aliphatic carbocycles. The highest BCUT2D eigenvalue weighted by Crippen LogP contribution is 2.58. The van der Waals surface area contributed by atoms with Crippen LogP contribution in [0.1, 0.15) is 439 Å². The van der Waals surface area contributed by atoms with Crippen LogP contribution in [0.2, 0.25) is 5.02 Å². The van der Waals surface area contributed by atoms with Crippen LogP contribution < -0.4 is 14.2 Å². The summed E-state index contributed by atoms with van der Waals surface area (Å²) in [7, 11) is 0. The first-order valence-electron chi connectivity index (χ1n) is 44.8. The quantitative estimate of drug-likeness (QED) is 0.0282. The fourth-order valence-corrected chi connectivity index (χ4v) is 17.2. The zero-order valence-electron chi connectivity index (χ0n) is 67.3. The number of halogens is 2. The third kappa shape index (κ3) is 36.4. The highest BCUT2D eigenvalue weighted by Gasteiger charge is 2.43. The first-order chi connectivity index (χ1) is 51.4. The molecule has 2 aliphatic rings. The molecule has 0 atom stereocenters. The Bertz CT molecular complexity index is 2820. The molecular weight excluding hydrogens is 1360 g/mol. The van der Waals surface area contributed by atoms with E-state index in [1.54, 1.807) is 0 Å². The maximum absolute atomic E-state index is 12.6. The second-order valence-electron chi connectivity index (χ2n) is 31.9. The molecular formula is C98H152BrClO4. The van der Waals surface area contributed by atoms with Gasteiger partial charge in [0, 0.05) is 16.1 Å². The number of unbranched alkanes of at least 4 members (excludes halogenated alkanes) is 57. The highest BCUT2D eigenvalue weighted by molar-refractivity contribution is 9.10. The summed E-state index contributed by atoms with van der Waals surface area (Å²) in [5.74, 6) is 2.82. The summed E-state index contributed by atoms with van der Waals surface area (Å²) in [6.45, 7) is 9.16. The maximum Gasteiger partial charge on any atom is 0.194 e. The molecule has 0 saturated heterocycles. The molecule has 0 bridgehead atoms. The summed E-state index contributed by atoms with van der Waals surface area (Å²) in [5.41, 5.74) is 9.76. The van der Waals surface area contributed by atoms with Crippen LogP contribution in [-0.2, 0) is 4.32 Å². The van der Waals surface area contributed by atoms with E-state index in [1.165, 1.54) is 388 Å². The van der Waals surface area contributed by atoms with Gasteiger partial charge in [0.05, 0.1) is 19.8 Å². The first kappa shape index (κ1) is 88.8. The summed E-state index contributed by atoms with van der Waals surface area (Å²) in [5, 5.41) is 0.747. The average Bonchev–Trinajstić information content (AvgIpc) is 1.56. The SMILES string of the molecule is CCCCCCCCCCCCCCCCCCCCCCOc1ccc2c(c1)C(=O)c1ccccc1-2.CCCCCCCCCCCCCCCCCCCCCCOc1ccc2c(c1)C(Br)(c1ccc(Cl)cc1)c1cc(OCCCCCCCCCCCCCCCCCCCCCC)ccc1-2. The number of hydrogen-bond donors (Lipinski definition) is 0. The van der Waals surface area contributed by atoms with Crippen molar-refractivity contribution in [1.82, 2.24) is 0 Å². The molecule has 0 saturated carbocycles. The molecule has 0 aliphatic heterocycles. The topological polar surface area (TPSA) is 44.8 Å². The number of rotatable bonds is 67. The molecule has 0 heterocycles. The number of carbonyl (C=O) groups is 1. The van der Waals surface area contributed by atoms with Crippen molar-refractivity contribution in [1.29, 1.82) is 0 Å². The zero-order valence-corrected chi connectivity index (χ0v) is 69.6. The van der Waals surface area contributed by atoms with Crippen LogP contribution >= 0.6 is 27.5 Å². The molecule has 0 fully saturated rings. The molecule has 0 aromatic heterocycles. The van der Waals surface area contributed by atoms with Gasteiger partial charge in [-0.15, -0.1) is 0 Å². The van der Waals surface area contributed by atoms with Gasteiger partial charge in [0.2, 0.25) is 0 Å². The molecule has 5 aromatic rings. The van der Waals surface area contributed by atoms with E-state index in [1.807, 2.05) is 54.6 Å². The minimum absolute atomic E-state index is 0.120. The number of carbonyl (C=O) groups excluding carboxylic acids is 1. The predicted molar refractivity (Wildman–Crippen MR) is 458 cm³/mol. The van der Waals surface area contributed by atoms with Gasteiger partial charge in [-0.1, -0.05) is 463 Å². The second-order valence-corrected chi connectivity index (χ2v) is 33.5. The molecule has 7 rings (SSSR count). The maximum atomic E-state index is 12.6. The lowest BCUT2D eigenvalue weighted by Crippen LogP contribution is -2.18. The van der Waals surface area contributed by atoms with E-state index < -0.39 is 4.32 Å².